The Morgan fingerprint density at radius 3 is 2.56 bits per heavy atom. The van der Waals surface area contributed by atoms with Crippen molar-refractivity contribution in [3.8, 4) is 5.69 Å². The molecular formula is C19H27N5O2S. The maximum Gasteiger partial charge on any atom is 0.233 e. The van der Waals surface area contributed by atoms with E-state index in [1.807, 2.05) is 41.8 Å². The standard InChI is InChI=1S/C19H27N5O2S/c1-14(2)13-20-17(25)15(3)27-19-22-21-18(23-9-11-26-12-10-23)24(19)16-7-5-4-6-8-16/h4-8,14-15H,9-13H2,1-3H3,(H,20,25)/t15-/m1/s1. The van der Waals surface area contributed by atoms with Crippen LogP contribution in [-0.2, 0) is 9.53 Å². The highest BCUT2D eigenvalue weighted by Gasteiger charge is 2.24. The number of para-hydroxylation sites is 1. The van der Waals surface area contributed by atoms with Crippen molar-refractivity contribution in [1.82, 2.24) is 20.1 Å². The number of nitrogens with one attached hydrogen (secondary N) is 1. The molecule has 27 heavy (non-hydrogen) atoms. The van der Waals surface area contributed by atoms with Gasteiger partial charge >= 0.3 is 0 Å². The molecule has 7 nitrogen and oxygen atoms in total. The second kappa shape index (κ2) is 9.23. The van der Waals surface area contributed by atoms with Crippen LogP contribution in [-0.4, -0.2) is 58.8 Å². The van der Waals surface area contributed by atoms with Gasteiger partial charge in [-0.05, 0) is 25.0 Å². The molecule has 0 saturated carbocycles. The molecule has 1 saturated heterocycles. The van der Waals surface area contributed by atoms with Crippen molar-refractivity contribution in [2.45, 2.75) is 31.2 Å². The highest BCUT2D eigenvalue weighted by Crippen LogP contribution is 2.29. The van der Waals surface area contributed by atoms with E-state index < -0.39 is 0 Å². The topological polar surface area (TPSA) is 72.3 Å². The summed E-state index contributed by atoms with van der Waals surface area (Å²) in [4.78, 5) is 14.6. The highest BCUT2D eigenvalue weighted by atomic mass is 32.2. The van der Waals surface area contributed by atoms with E-state index in [1.54, 1.807) is 0 Å². The third-order valence-electron chi connectivity index (χ3n) is 4.26. The van der Waals surface area contributed by atoms with Crippen LogP contribution in [0.25, 0.3) is 5.69 Å². The van der Waals surface area contributed by atoms with Gasteiger partial charge in [-0.2, -0.15) is 0 Å². The Labute approximate surface area is 164 Å². The quantitative estimate of drug-likeness (QED) is 0.733. The first-order valence-corrected chi connectivity index (χ1v) is 10.2. The van der Waals surface area contributed by atoms with Crippen molar-refractivity contribution >= 4 is 23.6 Å². The third kappa shape index (κ3) is 5.01. The van der Waals surface area contributed by atoms with E-state index in [9.17, 15) is 4.79 Å². The fraction of sp³-hybridized carbons (Fsp3) is 0.526. The lowest BCUT2D eigenvalue weighted by Crippen LogP contribution is -2.38. The molecule has 146 valence electrons. The number of thioether (sulfide) groups is 1. The SMILES string of the molecule is CC(C)CNC(=O)[C@@H](C)Sc1nnc(N2CCOCC2)n1-c1ccccc1. The Morgan fingerprint density at radius 1 is 1.19 bits per heavy atom. The number of rotatable bonds is 7. The monoisotopic (exact) mass is 389 g/mol. The molecule has 0 aliphatic carbocycles. The molecule has 0 unspecified atom stereocenters. The van der Waals surface area contributed by atoms with Crippen LogP contribution in [0, 0.1) is 5.92 Å². The van der Waals surface area contributed by atoms with Gasteiger partial charge in [-0.3, -0.25) is 9.36 Å². The first-order chi connectivity index (χ1) is 13.1. The molecule has 2 aromatic rings. The Balaban J connectivity index is 1.84. The molecule has 1 aromatic heterocycles. The number of amides is 1. The molecule has 1 aromatic carbocycles. The van der Waals surface area contributed by atoms with Crippen molar-refractivity contribution in [2.75, 3.05) is 37.7 Å². The number of hydrogen-bond acceptors (Lipinski definition) is 6. The molecule has 1 N–H and O–H groups in total. The summed E-state index contributed by atoms with van der Waals surface area (Å²) in [5.41, 5.74) is 0.987. The van der Waals surface area contributed by atoms with Crippen LogP contribution >= 0.6 is 11.8 Å². The predicted octanol–water partition coefficient (Wildman–Crippen LogP) is 2.36. The van der Waals surface area contributed by atoms with E-state index in [0.29, 0.717) is 25.7 Å². The molecule has 0 spiro atoms. The number of anilines is 1. The van der Waals surface area contributed by atoms with Gasteiger partial charge in [-0.25, -0.2) is 0 Å². The lowest BCUT2D eigenvalue weighted by molar-refractivity contribution is -0.120. The number of aromatic nitrogens is 3. The summed E-state index contributed by atoms with van der Waals surface area (Å²) in [7, 11) is 0. The zero-order chi connectivity index (χ0) is 19.2. The molecule has 3 rings (SSSR count). The van der Waals surface area contributed by atoms with Crippen LogP contribution < -0.4 is 10.2 Å². The number of benzene rings is 1. The Hall–Kier alpha value is -2.06. The molecule has 0 bridgehead atoms. The number of morpholine rings is 1. The van der Waals surface area contributed by atoms with Gasteiger partial charge in [-0.15, -0.1) is 10.2 Å². The second-order valence-electron chi connectivity index (χ2n) is 6.95. The molecule has 1 atom stereocenters. The average Bonchev–Trinajstić information content (AvgIpc) is 3.10. The minimum absolute atomic E-state index is 0.0178. The van der Waals surface area contributed by atoms with Crippen LogP contribution in [0.3, 0.4) is 0 Å². The molecule has 1 amide bonds. The zero-order valence-corrected chi connectivity index (χ0v) is 16.9. The molecule has 8 heteroatoms. The van der Waals surface area contributed by atoms with Gasteiger partial charge in [0.05, 0.1) is 24.2 Å². The summed E-state index contributed by atoms with van der Waals surface area (Å²) in [5, 5.41) is 12.3. The molecule has 1 aliphatic rings. The lowest BCUT2D eigenvalue weighted by Gasteiger charge is -2.28. The van der Waals surface area contributed by atoms with Gasteiger partial charge in [-0.1, -0.05) is 43.8 Å². The van der Waals surface area contributed by atoms with E-state index in [1.165, 1.54) is 11.8 Å². The first kappa shape index (κ1) is 19.7. The number of hydrogen-bond donors (Lipinski definition) is 1. The largest absolute Gasteiger partial charge is 0.378 e. The van der Waals surface area contributed by atoms with Gasteiger partial charge in [0, 0.05) is 19.6 Å². The second-order valence-corrected chi connectivity index (χ2v) is 8.26. The van der Waals surface area contributed by atoms with E-state index >= 15 is 0 Å². The predicted molar refractivity (Wildman–Crippen MR) is 108 cm³/mol. The summed E-state index contributed by atoms with van der Waals surface area (Å²) in [5.74, 6) is 1.23. The summed E-state index contributed by atoms with van der Waals surface area (Å²) in [6.45, 7) is 9.65. The van der Waals surface area contributed by atoms with Gasteiger partial charge < -0.3 is 15.0 Å². The molecular weight excluding hydrogens is 362 g/mol. The van der Waals surface area contributed by atoms with Gasteiger partial charge in [0.15, 0.2) is 5.16 Å². The molecule has 2 heterocycles. The minimum Gasteiger partial charge on any atom is -0.378 e. The van der Waals surface area contributed by atoms with Crippen molar-refractivity contribution < 1.29 is 9.53 Å². The van der Waals surface area contributed by atoms with Gasteiger partial charge in [0.2, 0.25) is 11.9 Å². The van der Waals surface area contributed by atoms with Crippen molar-refractivity contribution in [3.63, 3.8) is 0 Å². The number of nitrogens with zero attached hydrogens (tertiary/aromatic N) is 4. The average molecular weight is 390 g/mol. The summed E-state index contributed by atoms with van der Waals surface area (Å²) >= 11 is 1.43. The fourth-order valence-corrected chi connectivity index (χ4v) is 3.66. The van der Waals surface area contributed by atoms with E-state index in [-0.39, 0.29) is 11.2 Å². The number of carbonyl (C=O) groups is 1. The van der Waals surface area contributed by atoms with Gasteiger partial charge in [0.25, 0.3) is 0 Å². The van der Waals surface area contributed by atoms with E-state index in [0.717, 1.165) is 29.9 Å². The van der Waals surface area contributed by atoms with Crippen molar-refractivity contribution in [1.29, 1.82) is 0 Å². The normalized spacial score (nSPS) is 15.8. The molecule has 1 fully saturated rings. The highest BCUT2D eigenvalue weighted by molar-refractivity contribution is 8.00. The summed E-state index contributed by atoms with van der Waals surface area (Å²) in [6, 6.07) is 10.0. The maximum absolute atomic E-state index is 12.4. The smallest absolute Gasteiger partial charge is 0.233 e. The number of ether oxygens (including phenoxy) is 1. The van der Waals surface area contributed by atoms with Crippen LogP contribution in [0.4, 0.5) is 5.95 Å². The third-order valence-corrected chi connectivity index (χ3v) is 5.30. The number of carbonyl (C=O) groups excluding carboxylic acids is 1. The van der Waals surface area contributed by atoms with Crippen LogP contribution in [0.1, 0.15) is 20.8 Å². The molecule has 1 aliphatic heterocycles. The summed E-state index contributed by atoms with van der Waals surface area (Å²) < 4.78 is 7.49. The first-order valence-electron chi connectivity index (χ1n) is 9.34. The maximum atomic E-state index is 12.4. The minimum atomic E-state index is -0.257. The zero-order valence-electron chi connectivity index (χ0n) is 16.1. The van der Waals surface area contributed by atoms with Crippen LogP contribution in [0.2, 0.25) is 0 Å². The lowest BCUT2D eigenvalue weighted by atomic mass is 10.2. The Kier molecular flexibility index (Phi) is 6.73. The van der Waals surface area contributed by atoms with Gasteiger partial charge in [0.1, 0.15) is 0 Å². The van der Waals surface area contributed by atoms with Crippen LogP contribution in [0.5, 0.6) is 0 Å². The van der Waals surface area contributed by atoms with Crippen molar-refractivity contribution in [2.24, 2.45) is 5.92 Å². The van der Waals surface area contributed by atoms with Crippen LogP contribution in [0.15, 0.2) is 35.5 Å². The Morgan fingerprint density at radius 2 is 1.89 bits per heavy atom. The fourth-order valence-electron chi connectivity index (χ4n) is 2.77. The van der Waals surface area contributed by atoms with E-state index in [4.69, 9.17) is 4.74 Å². The Bertz CT molecular complexity index is 744. The van der Waals surface area contributed by atoms with Crippen molar-refractivity contribution in [3.05, 3.63) is 30.3 Å². The molecule has 0 radical (unpaired) electrons. The summed E-state index contributed by atoms with van der Waals surface area (Å²) in [6.07, 6.45) is 0. The van der Waals surface area contributed by atoms with E-state index in [2.05, 4.69) is 34.3 Å².